The van der Waals surface area contributed by atoms with E-state index in [2.05, 4.69) is 40.0 Å². The summed E-state index contributed by atoms with van der Waals surface area (Å²) in [4.78, 5) is 76.2. The number of nitrogens with zero attached hydrogens (tertiary/aromatic N) is 8. The van der Waals surface area contributed by atoms with Crippen molar-refractivity contribution in [1.29, 1.82) is 0 Å². The normalized spacial score (nSPS) is 19.8. The standard InChI is InChI=1S/C27H28ClN5O4S.C22H20ClN5O2S.C8H5NO3S.ClH/c1-26(2,3)37-25(35)32-10-9-27(14-32)11-16(12-27)33-18-6-4-5-17(28)22(18)30-24(33)31-23(34)21-8-7-20(38-21)19-13-29-15-36-19;23-14-2-1-3-15-19(14)26-21(28(15)13-8-22(9-13)6-7-24-11-22)27-20(29)18-5-4-17(31-18)16-10-25-12-30-16;10-8(11)7-2-1-6(13-7)5-3-9-4-12-5;/h4-8,13,15-16H,9-12,14H2,1-3H3,(H,30,31,34);1-5,10,12-13,24H,6-9,11H2,(H,26,27,29);1-4H,(H,10,11);1H. The van der Waals surface area contributed by atoms with Gasteiger partial charge in [-0.05, 0) is 137 Å². The highest BCUT2D eigenvalue weighted by atomic mass is 35.5. The number of nitrogens with one attached hydrogen (secondary N) is 3. The number of hydrogen-bond donors (Lipinski definition) is 4. The molecule has 0 unspecified atom stereocenters. The molecule has 10 aromatic rings. The number of carboxylic acid groups (broad SMARTS) is 1. The third-order valence-corrected chi connectivity index (χ3v) is 19.0. The monoisotopic (exact) mass is 1240 g/mol. The predicted molar refractivity (Wildman–Crippen MR) is 320 cm³/mol. The van der Waals surface area contributed by atoms with Gasteiger partial charge in [0.05, 0.1) is 64.1 Å². The first-order chi connectivity index (χ1) is 39.5. The van der Waals surface area contributed by atoms with Crippen molar-refractivity contribution in [3.05, 3.63) is 135 Å². The summed E-state index contributed by atoms with van der Waals surface area (Å²) in [5.74, 6) is 1.51. The fraction of sp³-hybridized carbons (Fsp3) is 0.316. The molecule has 2 aliphatic heterocycles. The highest BCUT2D eigenvalue weighted by molar-refractivity contribution is 7.18. The maximum absolute atomic E-state index is 13.2. The molecule has 20 nitrogen and oxygen atoms in total. The Bertz CT molecular complexity index is 3960. The summed E-state index contributed by atoms with van der Waals surface area (Å²) in [6, 6.07) is 22.4. The van der Waals surface area contributed by atoms with E-state index in [0.717, 1.165) is 76.4 Å². The Balaban J connectivity index is 0.000000143. The van der Waals surface area contributed by atoms with Crippen molar-refractivity contribution in [3.8, 4) is 31.9 Å². The van der Waals surface area contributed by atoms with Gasteiger partial charge in [0.15, 0.2) is 36.5 Å². The van der Waals surface area contributed by atoms with Crippen LogP contribution in [0.3, 0.4) is 0 Å². The van der Waals surface area contributed by atoms with Gasteiger partial charge in [-0.3, -0.25) is 20.2 Å². The first-order valence-corrected chi connectivity index (χ1v) is 29.5. The first kappa shape index (κ1) is 57.4. The van der Waals surface area contributed by atoms with Gasteiger partial charge in [-0.1, -0.05) is 35.3 Å². The Kier molecular flexibility index (Phi) is 16.2. The molecule has 430 valence electrons. The number of fused-ring (bicyclic) bond motifs is 2. The summed E-state index contributed by atoms with van der Waals surface area (Å²) >= 11 is 16.8. The fourth-order valence-electron chi connectivity index (χ4n) is 11.3. The van der Waals surface area contributed by atoms with Crippen LogP contribution in [0.5, 0.6) is 0 Å². The van der Waals surface area contributed by atoms with E-state index in [9.17, 15) is 19.2 Å². The van der Waals surface area contributed by atoms with Crippen LogP contribution >= 0.6 is 69.6 Å². The smallest absolute Gasteiger partial charge is 0.410 e. The number of aromatic nitrogens is 7. The Morgan fingerprint density at radius 1 is 0.663 bits per heavy atom. The number of rotatable bonds is 10. The summed E-state index contributed by atoms with van der Waals surface area (Å²) in [7, 11) is 0. The van der Waals surface area contributed by atoms with Crippen molar-refractivity contribution in [3.63, 3.8) is 0 Å². The topological polar surface area (TPSA) is 251 Å². The van der Waals surface area contributed by atoms with E-state index in [-0.39, 0.29) is 41.8 Å². The highest BCUT2D eigenvalue weighted by Gasteiger charge is 2.52. The van der Waals surface area contributed by atoms with Crippen LogP contribution in [0.1, 0.15) is 100 Å². The molecule has 10 heterocycles. The van der Waals surface area contributed by atoms with Gasteiger partial charge in [0, 0.05) is 31.7 Å². The number of benzene rings is 2. The van der Waals surface area contributed by atoms with Crippen molar-refractivity contribution >= 4 is 127 Å². The van der Waals surface area contributed by atoms with Crippen molar-refractivity contribution in [2.45, 2.75) is 77.0 Å². The van der Waals surface area contributed by atoms with E-state index >= 15 is 0 Å². The molecule has 2 saturated carbocycles. The minimum absolute atomic E-state index is 0. The second-order valence-electron chi connectivity index (χ2n) is 21.8. The molecule has 2 aromatic carbocycles. The van der Waals surface area contributed by atoms with Crippen LogP contribution in [0.15, 0.2) is 124 Å². The molecule has 26 heteroatoms. The zero-order valence-electron chi connectivity index (χ0n) is 44.8. The van der Waals surface area contributed by atoms with Crippen LogP contribution in [0.2, 0.25) is 10.0 Å². The number of imidazole rings is 2. The van der Waals surface area contributed by atoms with Gasteiger partial charge < -0.3 is 42.4 Å². The summed E-state index contributed by atoms with van der Waals surface area (Å²) in [5, 5.41) is 19.3. The lowest BCUT2D eigenvalue weighted by Gasteiger charge is -2.46. The summed E-state index contributed by atoms with van der Waals surface area (Å²) in [6.07, 6.45) is 14.7. The lowest BCUT2D eigenvalue weighted by Crippen LogP contribution is -2.43. The molecular formula is C57H54Cl3N11O9S3. The third kappa shape index (κ3) is 11.9. The first-order valence-electron chi connectivity index (χ1n) is 26.3. The van der Waals surface area contributed by atoms with Gasteiger partial charge in [-0.25, -0.2) is 34.5 Å². The Morgan fingerprint density at radius 3 is 1.53 bits per heavy atom. The van der Waals surface area contributed by atoms with Gasteiger partial charge in [-0.2, -0.15) is 0 Å². The molecule has 4 fully saturated rings. The number of para-hydroxylation sites is 2. The molecule has 0 bridgehead atoms. The van der Waals surface area contributed by atoms with E-state index in [1.807, 2.05) is 68.1 Å². The number of anilines is 2. The molecule has 0 atom stereocenters. The molecular weight excluding hydrogens is 1190 g/mol. The van der Waals surface area contributed by atoms with Gasteiger partial charge in [0.2, 0.25) is 11.9 Å². The van der Waals surface area contributed by atoms with Crippen LogP contribution in [0, 0.1) is 10.8 Å². The second-order valence-corrected chi connectivity index (χ2v) is 25.9. The van der Waals surface area contributed by atoms with Crippen LogP contribution in [-0.4, -0.2) is 99.7 Å². The zero-order valence-corrected chi connectivity index (χ0v) is 49.6. The number of hydrogen-bond acceptors (Lipinski definition) is 17. The molecule has 2 saturated heterocycles. The van der Waals surface area contributed by atoms with Gasteiger partial charge in [0.1, 0.15) is 21.5 Å². The number of carboxylic acids is 1. The van der Waals surface area contributed by atoms with E-state index in [0.29, 0.717) is 83.9 Å². The van der Waals surface area contributed by atoms with Crippen LogP contribution in [0.4, 0.5) is 16.7 Å². The molecule has 2 spiro atoms. The number of carbonyl (C=O) groups excluding carboxylic acids is 3. The third-order valence-electron chi connectivity index (χ3n) is 15.1. The number of amides is 3. The average molecular weight is 1240 g/mol. The fourth-order valence-corrected chi connectivity index (χ4v) is 14.3. The van der Waals surface area contributed by atoms with Crippen LogP contribution in [0.25, 0.3) is 54.0 Å². The maximum Gasteiger partial charge on any atom is 0.410 e. The van der Waals surface area contributed by atoms with Crippen molar-refractivity contribution in [1.82, 2.24) is 44.3 Å². The van der Waals surface area contributed by atoms with Gasteiger partial charge in [-0.15, -0.1) is 46.4 Å². The van der Waals surface area contributed by atoms with Gasteiger partial charge in [0.25, 0.3) is 11.8 Å². The SMILES string of the molecule is CC(C)(C)OC(=O)N1CCC2(CC(n3c(NC(=O)c4ccc(-c5cnco5)s4)nc4c(Cl)cccc43)C2)C1.Cl.O=C(Nc1nc2c(Cl)cccc2n1C1CC2(CCNC2)C1)c1ccc(-c2cnco2)s1.O=C(O)c1ccc(-c2cnco2)s1. The van der Waals surface area contributed by atoms with E-state index < -0.39 is 11.6 Å². The molecule has 0 radical (unpaired) electrons. The highest BCUT2D eigenvalue weighted by Crippen LogP contribution is 2.56. The summed E-state index contributed by atoms with van der Waals surface area (Å²) in [5.41, 5.74) is 3.11. The zero-order chi connectivity index (χ0) is 56.9. The Morgan fingerprint density at radius 2 is 1.12 bits per heavy atom. The predicted octanol–water partition coefficient (Wildman–Crippen LogP) is 14.1. The number of aromatic carboxylic acids is 1. The minimum atomic E-state index is -0.921. The lowest BCUT2D eigenvalue weighted by atomic mass is 9.65. The maximum atomic E-state index is 13.2. The number of likely N-dealkylation sites (tertiary alicyclic amines) is 1. The molecule has 2 aliphatic carbocycles. The lowest BCUT2D eigenvalue weighted by molar-refractivity contribution is 0.0199. The summed E-state index contributed by atoms with van der Waals surface area (Å²) in [6.45, 7) is 9.16. The van der Waals surface area contributed by atoms with Crippen LogP contribution in [-0.2, 0) is 4.74 Å². The van der Waals surface area contributed by atoms with E-state index in [4.69, 9.17) is 56.3 Å². The molecule has 4 aliphatic rings. The molecule has 3 amide bonds. The number of thiophene rings is 3. The molecule has 83 heavy (non-hydrogen) atoms. The Hall–Kier alpha value is -7.38. The van der Waals surface area contributed by atoms with Crippen molar-refractivity contribution < 1.29 is 42.3 Å². The van der Waals surface area contributed by atoms with Crippen LogP contribution < -0.4 is 16.0 Å². The minimum Gasteiger partial charge on any atom is -0.477 e. The summed E-state index contributed by atoms with van der Waals surface area (Å²) < 4.78 is 25.5. The van der Waals surface area contributed by atoms with Crippen molar-refractivity contribution in [2.24, 2.45) is 10.8 Å². The number of ether oxygens (including phenoxy) is 1. The second kappa shape index (κ2) is 23.3. The number of halogens is 3. The quantitative estimate of drug-likeness (QED) is 0.0993. The average Bonchev–Trinajstić information content (AvgIpc) is 2.31. The molecule has 14 rings (SSSR count). The van der Waals surface area contributed by atoms with Crippen molar-refractivity contribution in [2.75, 3.05) is 36.8 Å². The van der Waals surface area contributed by atoms with Gasteiger partial charge >= 0.3 is 12.1 Å². The number of carbonyl (C=O) groups is 4. The largest absolute Gasteiger partial charge is 0.477 e. The molecule has 8 aromatic heterocycles. The van der Waals surface area contributed by atoms with E-state index in [1.54, 1.807) is 48.9 Å². The Labute approximate surface area is 502 Å². The van der Waals surface area contributed by atoms with E-state index in [1.165, 1.54) is 59.6 Å². The molecule has 4 N–H and O–H groups in total. The number of oxazole rings is 3.